The standard InChI is InChI=1S/C21H25N3O4S2/c1-4-5-6-13-28-16-9-7-15(8-10-16)20(25)23-21-22-18-12-11-17(14-19(18)29-21)30(26,27)24(2)3/h7-12,14H,4-6,13H2,1-3H3,(H,22,23,25). The molecule has 9 heteroatoms. The third-order valence-corrected chi connectivity index (χ3v) is 7.24. The Balaban J connectivity index is 1.69. The number of fused-ring (bicyclic) bond motifs is 1. The van der Waals surface area contributed by atoms with E-state index in [2.05, 4.69) is 17.2 Å². The quantitative estimate of drug-likeness (QED) is 0.492. The Hall–Kier alpha value is -2.49. The molecule has 0 saturated heterocycles. The van der Waals surface area contributed by atoms with E-state index < -0.39 is 10.0 Å². The van der Waals surface area contributed by atoms with Gasteiger partial charge in [0.1, 0.15) is 5.75 Å². The fourth-order valence-corrected chi connectivity index (χ4v) is 4.65. The minimum atomic E-state index is -3.53. The largest absolute Gasteiger partial charge is 0.494 e. The average molecular weight is 448 g/mol. The molecule has 1 N–H and O–H groups in total. The number of aromatic nitrogens is 1. The summed E-state index contributed by atoms with van der Waals surface area (Å²) >= 11 is 1.23. The van der Waals surface area contributed by atoms with Crippen molar-refractivity contribution in [1.82, 2.24) is 9.29 Å². The summed E-state index contributed by atoms with van der Waals surface area (Å²) in [5, 5.41) is 3.19. The third-order valence-electron chi connectivity index (χ3n) is 4.49. The second-order valence-electron chi connectivity index (χ2n) is 6.97. The Labute approximate surface area is 180 Å². The number of amides is 1. The zero-order chi connectivity index (χ0) is 21.7. The lowest BCUT2D eigenvalue weighted by Gasteiger charge is -2.10. The molecule has 30 heavy (non-hydrogen) atoms. The number of rotatable bonds is 9. The molecule has 0 radical (unpaired) electrons. The molecule has 0 bridgehead atoms. The highest BCUT2D eigenvalue weighted by molar-refractivity contribution is 7.89. The molecule has 0 atom stereocenters. The maximum Gasteiger partial charge on any atom is 0.257 e. The molecule has 3 rings (SSSR count). The molecular weight excluding hydrogens is 422 g/mol. The van der Waals surface area contributed by atoms with Crippen LogP contribution in [0.5, 0.6) is 5.75 Å². The van der Waals surface area contributed by atoms with Crippen LogP contribution in [0.3, 0.4) is 0 Å². The van der Waals surface area contributed by atoms with Crippen molar-refractivity contribution in [3.8, 4) is 5.75 Å². The number of hydrogen-bond acceptors (Lipinski definition) is 6. The zero-order valence-electron chi connectivity index (χ0n) is 17.2. The van der Waals surface area contributed by atoms with Gasteiger partial charge in [-0.25, -0.2) is 17.7 Å². The topological polar surface area (TPSA) is 88.6 Å². The van der Waals surface area contributed by atoms with Gasteiger partial charge in [-0.3, -0.25) is 10.1 Å². The van der Waals surface area contributed by atoms with E-state index in [-0.39, 0.29) is 10.8 Å². The lowest BCUT2D eigenvalue weighted by atomic mass is 10.2. The van der Waals surface area contributed by atoms with E-state index in [4.69, 9.17) is 4.74 Å². The van der Waals surface area contributed by atoms with Crippen molar-refractivity contribution in [1.29, 1.82) is 0 Å². The maximum absolute atomic E-state index is 12.5. The molecule has 1 aromatic heterocycles. The summed E-state index contributed by atoms with van der Waals surface area (Å²) in [6.45, 7) is 2.81. The molecule has 7 nitrogen and oxygen atoms in total. The molecule has 0 aliphatic rings. The van der Waals surface area contributed by atoms with E-state index >= 15 is 0 Å². The van der Waals surface area contributed by atoms with Crippen LogP contribution in [0, 0.1) is 0 Å². The number of nitrogens with one attached hydrogen (secondary N) is 1. The maximum atomic E-state index is 12.5. The summed E-state index contributed by atoms with van der Waals surface area (Å²) in [7, 11) is -0.555. The Kier molecular flexibility index (Phi) is 7.06. The van der Waals surface area contributed by atoms with Gasteiger partial charge in [-0.15, -0.1) is 0 Å². The van der Waals surface area contributed by atoms with E-state index in [9.17, 15) is 13.2 Å². The Morgan fingerprint density at radius 1 is 1.13 bits per heavy atom. The molecule has 0 fully saturated rings. The summed E-state index contributed by atoms with van der Waals surface area (Å²) in [5.41, 5.74) is 1.12. The summed E-state index contributed by atoms with van der Waals surface area (Å²) in [6.07, 6.45) is 3.28. The van der Waals surface area contributed by atoms with E-state index in [1.54, 1.807) is 36.4 Å². The van der Waals surface area contributed by atoms with E-state index in [1.165, 1.54) is 31.5 Å². The predicted octanol–water partition coefficient (Wildman–Crippen LogP) is 4.37. The first-order valence-corrected chi connectivity index (χ1v) is 11.9. The lowest BCUT2D eigenvalue weighted by Crippen LogP contribution is -2.22. The van der Waals surface area contributed by atoms with Crippen LogP contribution in [0.25, 0.3) is 10.2 Å². The number of nitrogens with zero attached hydrogens (tertiary/aromatic N) is 2. The van der Waals surface area contributed by atoms with E-state index in [1.807, 2.05) is 0 Å². The van der Waals surface area contributed by atoms with Gasteiger partial charge >= 0.3 is 0 Å². The van der Waals surface area contributed by atoms with Crippen LogP contribution in [0.2, 0.25) is 0 Å². The second kappa shape index (κ2) is 9.55. The number of hydrogen-bond donors (Lipinski definition) is 1. The van der Waals surface area contributed by atoms with Crippen LogP contribution < -0.4 is 10.1 Å². The fraction of sp³-hybridized carbons (Fsp3) is 0.333. The highest BCUT2D eigenvalue weighted by atomic mass is 32.2. The molecule has 0 unspecified atom stereocenters. The summed E-state index contributed by atoms with van der Waals surface area (Å²) in [4.78, 5) is 17.1. The van der Waals surface area contributed by atoms with Gasteiger partial charge in [0, 0.05) is 19.7 Å². The SMILES string of the molecule is CCCCCOc1ccc(C(=O)Nc2nc3ccc(S(=O)(=O)N(C)C)cc3s2)cc1. The first-order valence-electron chi connectivity index (χ1n) is 9.68. The van der Waals surface area contributed by atoms with Crippen LogP contribution in [0.15, 0.2) is 47.4 Å². The fourth-order valence-electron chi connectivity index (χ4n) is 2.74. The summed E-state index contributed by atoms with van der Waals surface area (Å²) in [6, 6.07) is 11.7. The minimum Gasteiger partial charge on any atom is -0.494 e. The monoisotopic (exact) mass is 447 g/mol. The van der Waals surface area contributed by atoms with Gasteiger partial charge in [0.25, 0.3) is 5.91 Å². The third kappa shape index (κ3) is 5.16. The second-order valence-corrected chi connectivity index (χ2v) is 10.2. The Morgan fingerprint density at radius 2 is 1.87 bits per heavy atom. The van der Waals surface area contributed by atoms with Gasteiger partial charge in [0.15, 0.2) is 5.13 Å². The molecule has 0 spiro atoms. The van der Waals surface area contributed by atoms with Crippen molar-refractivity contribution in [2.45, 2.75) is 31.1 Å². The van der Waals surface area contributed by atoms with Crippen LogP contribution >= 0.6 is 11.3 Å². The predicted molar refractivity (Wildman–Crippen MR) is 120 cm³/mol. The lowest BCUT2D eigenvalue weighted by molar-refractivity contribution is 0.102. The summed E-state index contributed by atoms with van der Waals surface area (Å²) < 4.78 is 32.1. The van der Waals surface area contributed by atoms with Gasteiger partial charge in [-0.1, -0.05) is 31.1 Å². The van der Waals surface area contributed by atoms with Gasteiger partial charge in [0.2, 0.25) is 10.0 Å². The van der Waals surface area contributed by atoms with Gasteiger partial charge in [-0.05, 0) is 48.9 Å². The molecule has 1 amide bonds. The number of carbonyl (C=O) groups excluding carboxylic acids is 1. The van der Waals surface area contributed by atoms with Crippen molar-refractivity contribution in [3.05, 3.63) is 48.0 Å². The zero-order valence-corrected chi connectivity index (χ0v) is 18.8. The van der Waals surface area contributed by atoms with E-state index in [0.717, 1.165) is 29.3 Å². The molecule has 0 aliphatic carbocycles. The van der Waals surface area contributed by atoms with Crippen molar-refractivity contribution in [2.75, 3.05) is 26.0 Å². The van der Waals surface area contributed by atoms with Gasteiger partial charge in [-0.2, -0.15) is 0 Å². The number of benzene rings is 2. The van der Waals surface area contributed by atoms with Crippen LogP contribution in [0.4, 0.5) is 5.13 Å². The highest BCUT2D eigenvalue weighted by Gasteiger charge is 2.19. The molecular formula is C21H25N3O4S2. The van der Waals surface area contributed by atoms with Crippen molar-refractivity contribution >= 4 is 42.6 Å². The number of ether oxygens (including phenoxy) is 1. The molecule has 0 saturated carbocycles. The van der Waals surface area contributed by atoms with Crippen molar-refractivity contribution < 1.29 is 17.9 Å². The van der Waals surface area contributed by atoms with Gasteiger partial charge < -0.3 is 4.74 Å². The number of sulfonamides is 1. The molecule has 2 aromatic carbocycles. The first-order chi connectivity index (χ1) is 14.3. The molecule has 0 aliphatic heterocycles. The van der Waals surface area contributed by atoms with Crippen LogP contribution in [-0.4, -0.2) is 44.3 Å². The Morgan fingerprint density at radius 3 is 2.53 bits per heavy atom. The highest BCUT2D eigenvalue weighted by Crippen LogP contribution is 2.29. The molecule has 160 valence electrons. The van der Waals surface area contributed by atoms with Crippen molar-refractivity contribution in [2.24, 2.45) is 0 Å². The van der Waals surface area contributed by atoms with Crippen LogP contribution in [-0.2, 0) is 10.0 Å². The van der Waals surface area contributed by atoms with Crippen molar-refractivity contribution in [3.63, 3.8) is 0 Å². The smallest absolute Gasteiger partial charge is 0.257 e. The normalized spacial score (nSPS) is 11.7. The Bertz CT molecular complexity index is 1120. The van der Waals surface area contributed by atoms with Crippen LogP contribution in [0.1, 0.15) is 36.5 Å². The number of thiazole rings is 1. The molecule has 1 heterocycles. The first kappa shape index (κ1) is 22.2. The average Bonchev–Trinajstić information content (AvgIpc) is 3.13. The minimum absolute atomic E-state index is 0.191. The molecule has 3 aromatic rings. The number of unbranched alkanes of at least 4 members (excludes halogenated alkanes) is 2. The van der Waals surface area contributed by atoms with E-state index in [0.29, 0.717) is 27.5 Å². The van der Waals surface area contributed by atoms with Gasteiger partial charge in [0.05, 0.1) is 21.7 Å². The summed E-state index contributed by atoms with van der Waals surface area (Å²) in [5.74, 6) is 0.449. The number of anilines is 1. The number of carbonyl (C=O) groups is 1.